The lowest BCUT2D eigenvalue weighted by Crippen LogP contribution is -2.49. The summed E-state index contributed by atoms with van der Waals surface area (Å²) in [4.78, 5) is 12.5. The summed E-state index contributed by atoms with van der Waals surface area (Å²) in [5.74, 6) is 0.0941. The van der Waals surface area contributed by atoms with E-state index in [2.05, 4.69) is 5.32 Å². The summed E-state index contributed by atoms with van der Waals surface area (Å²) in [6, 6.07) is 7.62. The lowest BCUT2D eigenvalue weighted by Gasteiger charge is -2.40. The van der Waals surface area contributed by atoms with Gasteiger partial charge in [-0.15, -0.1) is 0 Å². The van der Waals surface area contributed by atoms with Gasteiger partial charge >= 0.3 is 0 Å². The summed E-state index contributed by atoms with van der Waals surface area (Å²) in [7, 11) is 0. The van der Waals surface area contributed by atoms with Crippen molar-refractivity contribution in [2.45, 2.75) is 50.5 Å². The number of hydrogen-bond acceptors (Lipinski definition) is 2. The van der Waals surface area contributed by atoms with E-state index in [1.165, 1.54) is 0 Å². The smallest absolute Gasteiger partial charge is 0.230 e. The molecule has 0 bridgehead atoms. The van der Waals surface area contributed by atoms with Gasteiger partial charge in [-0.1, -0.05) is 30.2 Å². The number of rotatable bonds is 6. The van der Waals surface area contributed by atoms with E-state index < -0.39 is 5.41 Å². The number of aliphatic hydroxyl groups excluding tert-OH is 1. The van der Waals surface area contributed by atoms with Gasteiger partial charge in [0.15, 0.2) is 0 Å². The second kappa shape index (κ2) is 6.59. The maximum Gasteiger partial charge on any atom is 0.230 e. The monoisotopic (exact) mass is 295 g/mol. The summed E-state index contributed by atoms with van der Waals surface area (Å²) in [6.07, 6.45) is 4.05. The first-order chi connectivity index (χ1) is 9.54. The molecule has 0 heterocycles. The number of benzene rings is 1. The third-order valence-electron chi connectivity index (χ3n) is 4.10. The van der Waals surface area contributed by atoms with Crippen LogP contribution in [0.25, 0.3) is 0 Å². The van der Waals surface area contributed by atoms with Gasteiger partial charge in [-0.2, -0.15) is 0 Å². The predicted octanol–water partition coefficient (Wildman–Crippen LogP) is 3.04. The lowest BCUT2D eigenvalue weighted by atomic mass is 9.64. The van der Waals surface area contributed by atoms with Gasteiger partial charge in [0.25, 0.3) is 0 Å². The number of halogens is 1. The highest BCUT2D eigenvalue weighted by molar-refractivity contribution is 6.30. The second-order valence-corrected chi connectivity index (χ2v) is 6.13. The normalized spacial score (nSPS) is 18.1. The molecule has 0 aromatic heterocycles. The second-order valence-electron chi connectivity index (χ2n) is 5.69. The van der Waals surface area contributed by atoms with Gasteiger partial charge in [-0.25, -0.2) is 0 Å². The van der Waals surface area contributed by atoms with Crippen molar-refractivity contribution in [1.29, 1.82) is 0 Å². The molecule has 1 unspecified atom stereocenters. The highest BCUT2D eigenvalue weighted by atomic mass is 35.5. The Morgan fingerprint density at radius 3 is 2.80 bits per heavy atom. The molecule has 2 rings (SSSR count). The fraction of sp³-hybridized carbons (Fsp3) is 0.562. The minimum Gasteiger partial charge on any atom is -0.393 e. The van der Waals surface area contributed by atoms with Gasteiger partial charge in [0.1, 0.15) is 0 Å². The molecule has 0 radical (unpaired) electrons. The van der Waals surface area contributed by atoms with Crippen LogP contribution in [0.15, 0.2) is 24.3 Å². The maximum atomic E-state index is 12.5. The van der Waals surface area contributed by atoms with Crippen molar-refractivity contribution in [3.63, 3.8) is 0 Å². The average Bonchev–Trinajstić information content (AvgIpc) is 2.33. The van der Waals surface area contributed by atoms with Gasteiger partial charge in [-0.3, -0.25) is 4.79 Å². The maximum absolute atomic E-state index is 12.5. The molecule has 0 saturated heterocycles. The quantitative estimate of drug-likeness (QED) is 0.793. The fourth-order valence-electron chi connectivity index (χ4n) is 2.73. The molecule has 2 N–H and O–H groups in total. The van der Waals surface area contributed by atoms with Gasteiger partial charge in [0, 0.05) is 11.6 Å². The van der Waals surface area contributed by atoms with Crippen LogP contribution in [0.4, 0.5) is 0 Å². The minimum atomic E-state index is -0.393. The van der Waals surface area contributed by atoms with Crippen molar-refractivity contribution < 1.29 is 9.90 Å². The molecule has 3 nitrogen and oxygen atoms in total. The Hall–Kier alpha value is -1.06. The third-order valence-corrected chi connectivity index (χ3v) is 4.34. The highest BCUT2D eigenvalue weighted by Crippen LogP contribution is 2.44. The van der Waals surface area contributed by atoms with Crippen LogP contribution in [0, 0.1) is 0 Å². The fourth-order valence-corrected chi connectivity index (χ4v) is 2.92. The van der Waals surface area contributed by atoms with Gasteiger partial charge in [0.2, 0.25) is 5.91 Å². The predicted molar refractivity (Wildman–Crippen MR) is 80.9 cm³/mol. The van der Waals surface area contributed by atoms with E-state index in [-0.39, 0.29) is 12.0 Å². The molecule has 1 atom stereocenters. The van der Waals surface area contributed by atoms with Crippen LogP contribution in [0.1, 0.15) is 44.6 Å². The largest absolute Gasteiger partial charge is 0.393 e. The van der Waals surface area contributed by atoms with E-state index in [1.807, 2.05) is 24.3 Å². The van der Waals surface area contributed by atoms with Crippen LogP contribution in [-0.4, -0.2) is 23.7 Å². The van der Waals surface area contributed by atoms with E-state index in [4.69, 9.17) is 11.6 Å². The van der Waals surface area contributed by atoms with Crippen LogP contribution in [0.2, 0.25) is 5.02 Å². The molecule has 1 aliphatic rings. The van der Waals surface area contributed by atoms with Crippen molar-refractivity contribution in [2.75, 3.05) is 6.54 Å². The SMILES string of the molecule is CC(O)CCCNC(=O)C1(c2cccc(Cl)c2)CCC1. The number of carbonyl (C=O) groups excluding carboxylic acids is 1. The third kappa shape index (κ3) is 3.33. The van der Waals surface area contributed by atoms with Gasteiger partial charge < -0.3 is 10.4 Å². The van der Waals surface area contributed by atoms with Crippen LogP contribution in [0.5, 0.6) is 0 Å². The number of carbonyl (C=O) groups is 1. The zero-order valence-corrected chi connectivity index (χ0v) is 12.6. The Kier molecular flexibility index (Phi) is 5.06. The van der Waals surface area contributed by atoms with E-state index in [0.29, 0.717) is 18.0 Å². The molecule has 1 aliphatic carbocycles. The summed E-state index contributed by atoms with van der Waals surface area (Å²) in [5.41, 5.74) is 0.625. The molecule has 1 aromatic rings. The van der Waals surface area contributed by atoms with E-state index in [1.54, 1.807) is 6.92 Å². The summed E-state index contributed by atoms with van der Waals surface area (Å²) >= 11 is 6.04. The summed E-state index contributed by atoms with van der Waals surface area (Å²) in [5, 5.41) is 12.9. The number of nitrogens with one attached hydrogen (secondary N) is 1. The highest BCUT2D eigenvalue weighted by Gasteiger charge is 2.45. The Bertz CT molecular complexity index is 469. The van der Waals surface area contributed by atoms with Gasteiger partial charge in [-0.05, 0) is 50.3 Å². The van der Waals surface area contributed by atoms with Gasteiger partial charge in [0.05, 0.1) is 11.5 Å². The minimum absolute atomic E-state index is 0.0941. The van der Waals surface area contributed by atoms with Crippen LogP contribution in [0.3, 0.4) is 0 Å². The molecule has 1 amide bonds. The first-order valence-corrected chi connectivity index (χ1v) is 7.65. The van der Waals surface area contributed by atoms with Crippen molar-refractivity contribution >= 4 is 17.5 Å². The van der Waals surface area contributed by atoms with Crippen molar-refractivity contribution in [3.05, 3.63) is 34.9 Å². The molecule has 110 valence electrons. The van der Waals surface area contributed by atoms with Crippen molar-refractivity contribution in [3.8, 4) is 0 Å². The molecular formula is C16H22ClNO2. The lowest BCUT2D eigenvalue weighted by molar-refractivity contribution is -0.129. The number of aliphatic hydroxyl groups is 1. The van der Waals surface area contributed by atoms with E-state index >= 15 is 0 Å². The molecular weight excluding hydrogens is 274 g/mol. The average molecular weight is 296 g/mol. The summed E-state index contributed by atoms with van der Waals surface area (Å²) in [6.45, 7) is 2.38. The van der Waals surface area contributed by atoms with Crippen molar-refractivity contribution in [1.82, 2.24) is 5.32 Å². The Morgan fingerprint density at radius 2 is 2.25 bits per heavy atom. The molecule has 0 spiro atoms. The molecule has 1 aromatic carbocycles. The molecule has 0 aliphatic heterocycles. The van der Waals surface area contributed by atoms with Crippen LogP contribution in [-0.2, 0) is 10.2 Å². The van der Waals surface area contributed by atoms with Crippen LogP contribution >= 0.6 is 11.6 Å². The summed E-state index contributed by atoms with van der Waals surface area (Å²) < 4.78 is 0. The zero-order chi connectivity index (χ0) is 14.6. The number of hydrogen-bond donors (Lipinski definition) is 2. The van der Waals surface area contributed by atoms with Crippen molar-refractivity contribution in [2.24, 2.45) is 0 Å². The molecule has 1 saturated carbocycles. The first kappa shape index (κ1) is 15.3. The molecule has 20 heavy (non-hydrogen) atoms. The number of amides is 1. The Labute approximate surface area is 125 Å². The Balaban J connectivity index is 1.98. The molecule has 4 heteroatoms. The first-order valence-electron chi connectivity index (χ1n) is 7.27. The van der Waals surface area contributed by atoms with Crippen LogP contribution < -0.4 is 5.32 Å². The van der Waals surface area contributed by atoms with E-state index in [9.17, 15) is 9.90 Å². The molecule has 1 fully saturated rings. The standard InChI is InChI=1S/C16H22ClNO2/c1-12(19)5-3-10-18-15(20)16(8-4-9-16)13-6-2-7-14(17)11-13/h2,6-7,11-12,19H,3-5,8-10H2,1H3,(H,18,20). The van der Waals surface area contributed by atoms with E-state index in [0.717, 1.165) is 31.2 Å². The topological polar surface area (TPSA) is 49.3 Å². The Morgan fingerprint density at radius 1 is 1.50 bits per heavy atom. The zero-order valence-electron chi connectivity index (χ0n) is 11.9.